The van der Waals surface area contributed by atoms with Crippen molar-refractivity contribution in [3.63, 3.8) is 0 Å². The Kier molecular flexibility index (Phi) is 8.24. The van der Waals surface area contributed by atoms with Crippen LogP contribution in [0.25, 0.3) is 0 Å². The number of hydrogen-bond donors (Lipinski definition) is 2. The van der Waals surface area contributed by atoms with Crippen LogP contribution >= 0.6 is 27.5 Å². The minimum Gasteiger partial charge on any atom is -0.493 e. The molecule has 0 aliphatic rings. The molecule has 0 radical (unpaired) electrons. The zero-order valence-electron chi connectivity index (χ0n) is 17.0. The first kappa shape index (κ1) is 23.3. The molecule has 7 nitrogen and oxygen atoms in total. The van der Waals surface area contributed by atoms with E-state index in [0.29, 0.717) is 34.4 Å². The van der Waals surface area contributed by atoms with Gasteiger partial charge in [-0.2, -0.15) is 5.10 Å². The highest BCUT2D eigenvalue weighted by Crippen LogP contribution is 2.28. The summed E-state index contributed by atoms with van der Waals surface area (Å²) >= 11 is 9.19. The van der Waals surface area contributed by atoms with E-state index in [-0.39, 0.29) is 0 Å². The second-order valence-electron chi connectivity index (χ2n) is 6.49. The second kappa shape index (κ2) is 11.3. The minimum absolute atomic E-state index is 0.352. The van der Waals surface area contributed by atoms with Gasteiger partial charge in [-0.1, -0.05) is 39.7 Å². The predicted octanol–water partition coefficient (Wildman–Crippen LogP) is 4.78. The van der Waals surface area contributed by atoms with Crippen LogP contribution in [0.3, 0.4) is 0 Å². The topological polar surface area (TPSA) is 89.0 Å². The number of benzene rings is 3. The Morgan fingerprint density at radius 2 is 1.72 bits per heavy atom. The van der Waals surface area contributed by atoms with E-state index < -0.39 is 11.8 Å². The van der Waals surface area contributed by atoms with E-state index in [1.54, 1.807) is 54.6 Å². The fourth-order valence-corrected chi connectivity index (χ4v) is 2.95. The maximum Gasteiger partial charge on any atom is 0.329 e. The Bertz CT molecular complexity index is 1120. The summed E-state index contributed by atoms with van der Waals surface area (Å²) in [6.45, 7) is 0.352. The third-order valence-corrected chi connectivity index (χ3v) is 4.96. The van der Waals surface area contributed by atoms with Crippen molar-refractivity contribution in [2.24, 2.45) is 5.10 Å². The lowest BCUT2D eigenvalue weighted by Crippen LogP contribution is -2.32. The standard InChI is InChI=1S/C23H19BrClN3O4/c1-31-21-12-16(4-11-20(21)32-14-15-2-7-18(25)8-3-15)13-26-28-23(30)22(29)27-19-9-5-17(24)6-10-19/h2-13H,14H2,1H3,(H,27,29)(H,28,30)/b26-13+. The Labute approximate surface area is 198 Å². The van der Waals surface area contributed by atoms with Gasteiger partial charge in [0.05, 0.1) is 13.3 Å². The molecule has 2 N–H and O–H groups in total. The maximum atomic E-state index is 11.9. The van der Waals surface area contributed by atoms with Gasteiger partial charge in [0.25, 0.3) is 0 Å². The van der Waals surface area contributed by atoms with Crippen LogP contribution in [0, 0.1) is 0 Å². The molecule has 0 heterocycles. The summed E-state index contributed by atoms with van der Waals surface area (Å²) in [5.74, 6) is -0.660. The molecule has 0 aliphatic heterocycles. The van der Waals surface area contributed by atoms with E-state index in [4.69, 9.17) is 21.1 Å². The van der Waals surface area contributed by atoms with Crippen LogP contribution in [0.4, 0.5) is 5.69 Å². The molecule has 3 aromatic rings. The smallest absolute Gasteiger partial charge is 0.329 e. The van der Waals surface area contributed by atoms with Gasteiger partial charge < -0.3 is 14.8 Å². The molecule has 0 bridgehead atoms. The number of anilines is 1. The number of amides is 2. The molecular weight excluding hydrogens is 498 g/mol. The molecule has 0 spiro atoms. The molecule has 0 saturated carbocycles. The Morgan fingerprint density at radius 3 is 2.41 bits per heavy atom. The van der Waals surface area contributed by atoms with Gasteiger partial charge >= 0.3 is 11.8 Å². The summed E-state index contributed by atoms with van der Waals surface area (Å²) in [7, 11) is 1.53. The lowest BCUT2D eigenvalue weighted by Gasteiger charge is -2.11. The average Bonchev–Trinajstić information content (AvgIpc) is 2.80. The number of hydrogen-bond acceptors (Lipinski definition) is 5. The van der Waals surface area contributed by atoms with Gasteiger partial charge in [0.1, 0.15) is 6.61 Å². The van der Waals surface area contributed by atoms with Gasteiger partial charge in [0.15, 0.2) is 11.5 Å². The first-order valence-electron chi connectivity index (χ1n) is 9.40. The first-order valence-corrected chi connectivity index (χ1v) is 10.6. The molecule has 0 saturated heterocycles. The Balaban J connectivity index is 1.55. The van der Waals surface area contributed by atoms with Gasteiger partial charge in [-0.05, 0) is 65.7 Å². The van der Waals surface area contributed by atoms with Crippen molar-refractivity contribution in [3.8, 4) is 11.5 Å². The zero-order valence-corrected chi connectivity index (χ0v) is 19.3. The first-order chi connectivity index (χ1) is 15.4. The van der Waals surface area contributed by atoms with Crippen molar-refractivity contribution in [2.45, 2.75) is 6.61 Å². The quantitative estimate of drug-likeness (QED) is 0.269. The summed E-state index contributed by atoms with van der Waals surface area (Å²) in [6, 6.07) is 19.4. The molecule has 3 aromatic carbocycles. The Morgan fingerprint density at radius 1 is 1.00 bits per heavy atom. The van der Waals surface area contributed by atoms with Crippen LogP contribution in [0.2, 0.25) is 5.02 Å². The molecule has 164 valence electrons. The number of carbonyl (C=O) groups excluding carboxylic acids is 2. The van der Waals surface area contributed by atoms with Gasteiger partial charge in [-0.25, -0.2) is 5.43 Å². The van der Waals surface area contributed by atoms with E-state index in [0.717, 1.165) is 10.0 Å². The summed E-state index contributed by atoms with van der Waals surface area (Å²) in [5, 5.41) is 6.97. The van der Waals surface area contributed by atoms with Crippen LogP contribution in [0.15, 0.2) is 76.3 Å². The van der Waals surface area contributed by atoms with Crippen molar-refractivity contribution < 1.29 is 19.1 Å². The summed E-state index contributed by atoms with van der Waals surface area (Å²) in [6.07, 6.45) is 1.40. The van der Waals surface area contributed by atoms with E-state index in [1.165, 1.54) is 13.3 Å². The third-order valence-electron chi connectivity index (χ3n) is 4.18. The fraction of sp³-hybridized carbons (Fsp3) is 0.0870. The fourth-order valence-electron chi connectivity index (χ4n) is 2.56. The van der Waals surface area contributed by atoms with Gasteiger partial charge in [0, 0.05) is 15.2 Å². The van der Waals surface area contributed by atoms with E-state index in [2.05, 4.69) is 31.8 Å². The van der Waals surface area contributed by atoms with Gasteiger partial charge in [-0.3, -0.25) is 9.59 Å². The molecule has 0 aliphatic carbocycles. The van der Waals surface area contributed by atoms with Crippen molar-refractivity contribution in [1.82, 2.24) is 5.43 Å². The zero-order chi connectivity index (χ0) is 22.9. The van der Waals surface area contributed by atoms with Crippen LogP contribution in [0.1, 0.15) is 11.1 Å². The number of carbonyl (C=O) groups is 2. The van der Waals surface area contributed by atoms with Crippen LogP contribution in [0.5, 0.6) is 11.5 Å². The van der Waals surface area contributed by atoms with Crippen LogP contribution in [-0.4, -0.2) is 25.1 Å². The normalized spacial score (nSPS) is 10.6. The number of rotatable bonds is 7. The van der Waals surface area contributed by atoms with Crippen LogP contribution < -0.4 is 20.2 Å². The molecule has 0 atom stereocenters. The molecular formula is C23H19BrClN3O4. The highest BCUT2D eigenvalue weighted by Gasteiger charge is 2.13. The molecule has 0 unspecified atom stereocenters. The van der Waals surface area contributed by atoms with E-state index in [1.807, 2.05) is 12.1 Å². The van der Waals surface area contributed by atoms with Gasteiger partial charge in [-0.15, -0.1) is 0 Å². The summed E-state index contributed by atoms with van der Waals surface area (Å²) in [4.78, 5) is 23.9. The second-order valence-corrected chi connectivity index (χ2v) is 7.84. The average molecular weight is 517 g/mol. The van der Waals surface area contributed by atoms with Crippen molar-refractivity contribution in [1.29, 1.82) is 0 Å². The van der Waals surface area contributed by atoms with Crippen molar-refractivity contribution in [2.75, 3.05) is 12.4 Å². The predicted molar refractivity (Wildman–Crippen MR) is 127 cm³/mol. The van der Waals surface area contributed by atoms with E-state index in [9.17, 15) is 9.59 Å². The highest BCUT2D eigenvalue weighted by molar-refractivity contribution is 9.10. The van der Waals surface area contributed by atoms with E-state index >= 15 is 0 Å². The molecule has 2 amide bonds. The minimum atomic E-state index is -0.890. The Hall–Kier alpha value is -3.36. The maximum absolute atomic E-state index is 11.9. The number of nitrogens with zero attached hydrogens (tertiary/aromatic N) is 1. The number of ether oxygens (including phenoxy) is 2. The van der Waals surface area contributed by atoms with Gasteiger partial charge in [0.2, 0.25) is 0 Å². The summed E-state index contributed by atoms with van der Waals surface area (Å²) in [5.41, 5.74) is 4.30. The third kappa shape index (κ3) is 6.83. The molecule has 0 fully saturated rings. The van der Waals surface area contributed by atoms with Crippen molar-refractivity contribution >= 4 is 51.2 Å². The number of nitrogens with one attached hydrogen (secondary N) is 2. The van der Waals surface area contributed by atoms with Crippen LogP contribution in [-0.2, 0) is 16.2 Å². The van der Waals surface area contributed by atoms with Crippen molar-refractivity contribution in [3.05, 3.63) is 87.4 Å². The monoisotopic (exact) mass is 515 g/mol. The molecule has 0 aromatic heterocycles. The lowest BCUT2D eigenvalue weighted by molar-refractivity contribution is -0.136. The molecule has 32 heavy (non-hydrogen) atoms. The molecule has 9 heteroatoms. The largest absolute Gasteiger partial charge is 0.493 e. The SMILES string of the molecule is COc1cc(/C=N/NC(=O)C(=O)Nc2ccc(Br)cc2)ccc1OCc1ccc(Cl)cc1. The highest BCUT2D eigenvalue weighted by atomic mass is 79.9. The number of hydrazone groups is 1. The number of methoxy groups -OCH3 is 1. The number of halogens is 2. The molecule has 3 rings (SSSR count). The summed E-state index contributed by atoms with van der Waals surface area (Å²) < 4.78 is 12.0. The lowest BCUT2D eigenvalue weighted by atomic mass is 10.2.